The van der Waals surface area contributed by atoms with Crippen molar-refractivity contribution in [2.75, 3.05) is 0 Å². The largest absolute Gasteiger partial charge is 0.481 e. The van der Waals surface area contributed by atoms with Gasteiger partial charge in [0.25, 0.3) is 5.91 Å². The summed E-state index contributed by atoms with van der Waals surface area (Å²) in [5.41, 5.74) is 2.07. The van der Waals surface area contributed by atoms with Crippen LogP contribution in [0.3, 0.4) is 0 Å². The van der Waals surface area contributed by atoms with Crippen LogP contribution in [0.15, 0.2) is 66.7 Å². The highest BCUT2D eigenvalue weighted by molar-refractivity contribution is 6.33. The summed E-state index contributed by atoms with van der Waals surface area (Å²) in [5, 5.41) is 13.0. The molecule has 0 fully saturated rings. The van der Waals surface area contributed by atoms with Gasteiger partial charge in [-0.1, -0.05) is 59.6 Å². The summed E-state index contributed by atoms with van der Waals surface area (Å²) in [6, 6.07) is 18.2. The Morgan fingerprint density at radius 3 is 2.36 bits per heavy atom. The highest BCUT2D eigenvalue weighted by Gasteiger charge is 2.20. The van der Waals surface area contributed by atoms with E-state index in [-0.39, 0.29) is 12.1 Å². The van der Waals surface area contributed by atoms with Crippen LogP contribution in [0.1, 0.15) is 28.5 Å². The van der Waals surface area contributed by atoms with Gasteiger partial charge in [0.2, 0.25) is 0 Å². The number of carbonyl (C=O) groups excluding carboxylic acids is 1. The topological polar surface area (TPSA) is 79.3 Å². The lowest BCUT2D eigenvalue weighted by Crippen LogP contribution is -2.30. The van der Waals surface area contributed by atoms with Crippen molar-refractivity contribution in [2.24, 2.45) is 0 Å². The summed E-state index contributed by atoms with van der Waals surface area (Å²) >= 11 is 12.1. The smallest absolute Gasteiger partial charge is 0.305 e. The molecule has 1 amide bonds. The average Bonchev–Trinajstić information content (AvgIpc) is 2.68. The second-order valence-electron chi connectivity index (χ2n) is 6.06. The third-order valence-electron chi connectivity index (χ3n) is 4.09. The predicted octanol–water partition coefficient (Wildman–Crippen LogP) is 5.00. The second kappa shape index (κ2) is 8.87. The molecule has 0 unspecified atom stereocenters. The van der Waals surface area contributed by atoms with Crippen LogP contribution in [0.25, 0.3) is 11.3 Å². The number of carboxylic acids is 1. The maximum absolute atomic E-state index is 12.7. The van der Waals surface area contributed by atoms with Crippen LogP contribution in [-0.4, -0.2) is 22.0 Å². The molecule has 1 aromatic heterocycles. The number of benzene rings is 2. The van der Waals surface area contributed by atoms with E-state index in [1.807, 2.05) is 18.2 Å². The highest BCUT2D eigenvalue weighted by Crippen LogP contribution is 2.26. The van der Waals surface area contributed by atoms with Gasteiger partial charge in [0.1, 0.15) is 5.69 Å². The lowest BCUT2D eigenvalue weighted by molar-refractivity contribution is -0.137. The van der Waals surface area contributed by atoms with Crippen molar-refractivity contribution in [3.63, 3.8) is 0 Å². The van der Waals surface area contributed by atoms with E-state index in [4.69, 9.17) is 23.2 Å². The summed E-state index contributed by atoms with van der Waals surface area (Å²) in [4.78, 5) is 28.3. The Kier molecular flexibility index (Phi) is 6.29. The SMILES string of the molecule is O=C(O)C[C@H](NC(=O)c1cccc(-c2ccccc2Cl)n1)c1ccc(Cl)cc1. The van der Waals surface area contributed by atoms with E-state index >= 15 is 0 Å². The molecule has 2 N–H and O–H groups in total. The zero-order valence-corrected chi connectivity index (χ0v) is 16.1. The summed E-state index contributed by atoms with van der Waals surface area (Å²) in [5.74, 6) is -1.51. The van der Waals surface area contributed by atoms with Crippen molar-refractivity contribution in [3.05, 3.63) is 88.0 Å². The van der Waals surface area contributed by atoms with Crippen LogP contribution in [0.5, 0.6) is 0 Å². The molecule has 2 aromatic carbocycles. The molecule has 0 saturated carbocycles. The van der Waals surface area contributed by atoms with Gasteiger partial charge in [-0.05, 0) is 35.9 Å². The van der Waals surface area contributed by atoms with Crippen LogP contribution in [0.2, 0.25) is 10.0 Å². The monoisotopic (exact) mass is 414 g/mol. The van der Waals surface area contributed by atoms with E-state index in [2.05, 4.69) is 10.3 Å². The highest BCUT2D eigenvalue weighted by atomic mass is 35.5. The lowest BCUT2D eigenvalue weighted by atomic mass is 10.0. The van der Waals surface area contributed by atoms with Crippen LogP contribution < -0.4 is 5.32 Å². The van der Waals surface area contributed by atoms with Gasteiger partial charge in [-0.3, -0.25) is 9.59 Å². The van der Waals surface area contributed by atoms with Crippen molar-refractivity contribution >= 4 is 35.1 Å². The van der Waals surface area contributed by atoms with E-state index in [0.717, 1.165) is 0 Å². The first-order chi connectivity index (χ1) is 13.4. The van der Waals surface area contributed by atoms with E-state index < -0.39 is 17.9 Å². The van der Waals surface area contributed by atoms with E-state index in [9.17, 15) is 14.7 Å². The predicted molar refractivity (Wildman–Crippen MR) is 109 cm³/mol. The van der Waals surface area contributed by atoms with Crippen molar-refractivity contribution in [3.8, 4) is 11.3 Å². The van der Waals surface area contributed by atoms with Gasteiger partial charge in [-0.2, -0.15) is 0 Å². The molecule has 3 rings (SSSR count). The Labute approximate surface area is 171 Å². The molecule has 142 valence electrons. The molecule has 5 nitrogen and oxygen atoms in total. The third-order valence-corrected chi connectivity index (χ3v) is 4.67. The normalized spacial score (nSPS) is 11.6. The number of amides is 1. The standard InChI is InChI=1S/C21H16Cl2N2O3/c22-14-10-8-13(9-11-14)19(12-20(26)27)25-21(28)18-7-3-6-17(24-18)15-4-1-2-5-16(15)23/h1-11,19H,12H2,(H,25,28)(H,26,27)/t19-/m0/s1. The molecule has 28 heavy (non-hydrogen) atoms. The number of hydrogen-bond donors (Lipinski definition) is 2. The fourth-order valence-electron chi connectivity index (χ4n) is 2.73. The minimum Gasteiger partial charge on any atom is -0.481 e. The van der Waals surface area contributed by atoms with Gasteiger partial charge in [0, 0.05) is 15.6 Å². The van der Waals surface area contributed by atoms with Crippen molar-refractivity contribution in [2.45, 2.75) is 12.5 Å². The number of pyridine rings is 1. The number of nitrogens with zero attached hydrogens (tertiary/aromatic N) is 1. The van der Waals surface area contributed by atoms with Gasteiger partial charge in [0.05, 0.1) is 18.2 Å². The number of nitrogens with one attached hydrogen (secondary N) is 1. The van der Waals surface area contributed by atoms with Gasteiger partial charge in [0.15, 0.2) is 0 Å². The molecule has 1 heterocycles. The number of aliphatic carboxylic acids is 1. The Morgan fingerprint density at radius 1 is 0.964 bits per heavy atom. The van der Waals surface area contributed by atoms with Gasteiger partial charge >= 0.3 is 5.97 Å². The average molecular weight is 415 g/mol. The number of carbonyl (C=O) groups is 2. The molecular formula is C21H16Cl2N2O3. The zero-order valence-electron chi connectivity index (χ0n) is 14.6. The van der Waals surface area contributed by atoms with Crippen LogP contribution in [0.4, 0.5) is 0 Å². The minimum atomic E-state index is -1.03. The van der Waals surface area contributed by atoms with Crippen molar-refractivity contribution < 1.29 is 14.7 Å². The molecule has 0 aliphatic rings. The summed E-state index contributed by atoms with van der Waals surface area (Å²) < 4.78 is 0. The van der Waals surface area contributed by atoms with E-state index in [1.165, 1.54) is 0 Å². The summed E-state index contributed by atoms with van der Waals surface area (Å²) in [6.07, 6.45) is -0.266. The minimum absolute atomic E-state index is 0.168. The molecule has 3 aromatic rings. The molecule has 0 bridgehead atoms. The summed E-state index contributed by atoms with van der Waals surface area (Å²) in [7, 11) is 0. The quantitative estimate of drug-likeness (QED) is 0.594. The summed E-state index contributed by atoms with van der Waals surface area (Å²) in [6.45, 7) is 0. The van der Waals surface area contributed by atoms with Gasteiger partial charge in [-0.25, -0.2) is 4.98 Å². The van der Waals surface area contributed by atoms with Crippen LogP contribution >= 0.6 is 23.2 Å². The molecule has 0 radical (unpaired) electrons. The first kappa shape index (κ1) is 19.9. The Morgan fingerprint density at radius 2 is 1.68 bits per heavy atom. The van der Waals surface area contributed by atoms with Gasteiger partial charge in [-0.15, -0.1) is 0 Å². The molecule has 1 atom stereocenters. The maximum Gasteiger partial charge on any atom is 0.305 e. The lowest BCUT2D eigenvalue weighted by Gasteiger charge is -2.17. The molecule has 0 spiro atoms. The van der Waals surface area contributed by atoms with Crippen molar-refractivity contribution in [1.29, 1.82) is 0 Å². The van der Waals surface area contributed by atoms with Crippen LogP contribution in [0, 0.1) is 0 Å². The molecule has 0 aliphatic heterocycles. The Balaban J connectivity index is 1.86. The number of aromatic nitrogens is 1. The molecular weight excluding hydrogens is 399 g/mol. The zero-order chi connectivity index (χ0) is 20.1. The Bertz CT molecular complexity index is 1010. The number of hydrogen-bond acceptors (Lipinski definition) is 3. The fourth-order valence-corrected chi connectivity index (χ4v) is 3.09. The number of halogens is 2. The first-order valence-electron chi connectivity index (χ1n) is 8.44. The van der Waals surface area contributed by atoms with Crippen molar-refractivity contribution in [1.82, 2.24) is 10.3 Å². The number of rotatable bonds is 6. The fraction of sp³-hybridized carbons (Fsp3) is 0.0952. The van der Waals surface area contributed by atoms with Gasteiger partial charge < -0.3 is 10.4 Å². The third kappa shape index (κ3) is 4.88. The first-order valence-corrected chi connectivity index (χ1v) is 9.19. The van der Waals surface area contributed by atoms with Crippen LogP contribution in [-0.2, 0) is 4.79 Å². The number of carboxylic acid groups (broad SMARTS) is 1. The molecule has 0 aliphatic carbocycles. The molecule has 7 heteroatoms. The Hall–Kier alpha value is -2.89. The second-order valence-corrected chi connectivity index (χ2v) is 6.91. The van der Waals surface area contributed by atoms with E-state index in [0.29, 0.717) is 26.9 Å². The maximum atomic E-state index is 12.7. The molecule has 0 saturated heterocycles. The van der Waals surface area contributed by atoms with E-state index in [1.54, 1.807) is 48.5 Å².